The zero-order chi connectivity index (χ0) is 12.0. The molecule has 0 bridgehead atoms. The average molecular weight is 303 g/mol. The summed E-state index contributed by atoms with van der Waals surface area (Å²) < 4.78 is 0. The van der Waals surface area contributed by atoms with Crippen LogP contribution in [-0.4, -0.2) is 0 Å². The van der Waals surface area contributed by atoms with E-state index in [0.717, 1.165) is 0 Å². The van der Waals surface area contributed by atoms with Gasteiger partial charge < -0.3 is 0 Å². The summed E-state index contributed by atoms with van der Waals surface area (Å²) in [7, 11) is 0. The van der Waals surface area contributed by atoms with Gasteiger partial charge in [0, 0.05) is 32.7 Å². The van der Waals surface area contributed by atoms with Crippen LogP contribution in [0.3, 0.4) is 0 Å². The molecule has 0 aromatic heterocycles. The van der Waals surface area contributed by atoms with Crippen molar-refractivity contribution in [1.82, 2.24) is 0 Å². The van der Waals surface area contributed by atoms with E-state index in [2.05, 4.69) is 41.5 Å². The minimum atomic E-state index is 0. The number of allylic oxidation sites excluding steroid dienone is 8. The van der Waals surface area contributed by atoms with Gasteiger partial charge in [0.2, 0.25) is 0 Å². The van der Waals surface area contributed by atoms with Crippen LogP contribution in [0.5, 0.6) is 0 Å². The van der Waals surface area contributed by atoms with Crippen LogP contribution in [0.4, 0.5) is 0 Å². The summed E-state index contributed by atoms with van der Waals surface area (Å²) in [5.74, 6) is 0. The van der Waals surface area contributed by atoms with Crippen LogP contribution in [-0.2, 0) is 32.7 Å². The third kappa shape index (κ3) is 2.44. The molecule has 0 amide bonds. The summed E-state index contributed by atoms with van der Waals surface area (Å²) in [6.45, 7) is 13.6. The van der Waals surface area contributed by atoms with Gasteiger partial charge in [0.25, 0.3) is 0 Å². The van der Waals surface area contributed by atoms with Gasteiger partial charge in [0.15, 0.2) is 0 Å². The second-order valence-corrected chi connectivity index (χ2v) is 5.37. The molecular formula is C16H22Y. The van der Waals surface area contributed by atoms with E-state index >= 15 is 0 Å². The molecule has 17 heavy (non-hydrogen) atoms. The van der Waals surface area contributed by atoms with Gasteiger partial charge in [-0.15, -0.1) is 0 Å². The SMILES string of the molecule is CC1=C(C)C(C)=C(C2=C(C)C(C)=C(C)C2)C1.[Y]. The van der Waals surface area contributed by atoms with Gasteiger partial charge in [-0.1, -0.05) is 11.1 Å². The Balaban J connectivity index is 0.00000144. The molecular weight excluding hydrogens is 281 g/mol. The summed E-state index contributed by atoms with van der Waals surface area (Å²) in [5.41, 5.74) is 12.4. The van der Waals surface area contributed by atoms with E-state index in [4.69, 9.17) is 0 Å². The number of hydrogen-bond acceptors (Lipinski definition) is 0. The molecule has 0 atom stereocenters. The molecule has 0 saturated carbocycles. The van der Waals surface area contributed by atoms with E-state index in [-0.39, 0.29) is 32.7 Å². The molecule has 0 aromatic rings. The Bertz CT molecular complexity index is 436. The average Bonchev–Trinajstić information content (AvgIpc) is 2.64. The van der Waals surface area contributed by atoms with E-state index < -0.39 is 0 Å². The summed E-state index contributed by atoms with van der Waals surface area (Å²) in [5, 5.41) is 0. The summed E-state index contributed by atoms with van der Waals surface area (Å²) >= 11 is 0. The molecule has 0 aromatic carbocycles. The second kappa shape index (κ2) is 5.37. The fourth-order valence-corrected chi connectivity index (χ4v) is 2.82. The Kier molecular flexibility index (Phi) is 4.77. The van der Waals surface area contributed by atoms with Gasteiger partial charge in [-0.2, -0.15) is 0 Å². The third-order valence-electron chi connectivity index (χ3n) is 4.56. The van der Waals surface area contributed by atoms with Crippen molar-refractivity contribution in [3.63, 3.8) is 0 Å². The zero-order valence-corrected chi connectivity index (χ0v) is 14.8. The van der Waals surface area contributed by atoms with E-state index in [1.165, 1.54) is 35.1 Å². The predicted octanol–water partition coefficient (Wildman–Crippen LogP) is 5.10. The molecule has 0 unspecified atom stereocenters. The molecule has 0 fully saturated rings. The van der Waals surface area contributed by atoms with E-state index in [9.17, 15) is 0 Å². The Morgan fingerprint density at radius 1 is 0.529 bits per heavy atom. The minimum Gasteiger partial charge on any atom is -0.0657 e. The maximum absolute atomic E-state index is 2.28. The Labute approximate surface area is 131 Å². The summed E-state index contributed by atoms with van der Waals surface area (Å²) in [4.78, 5) is 0. The third-order valence-corrected chi connectivity index (χ3v) is 4.56. The molecule has 0 spiro atoms. The van der Waals surface area contributed by atoms with Gasteiger partial charge in [-0.3, -0.25) is 0 Å². The molecule has 89 valence electrons. The van der Waals surface area contributed by atoms with Crippen LogP contribution in [0.15, 0.2) is 44.6 Å². The fourth-order valence-electron chi connectivity index (χ4n) is 2.82. The van der Waals surface area contributed by atoms with Gasteiger partial charge in [0.1, 0.15) is 0 Å². The van der Waals surface area contributed by atoms with Crippen molar-refractivity contribution in [2.45, 2.75) is 54.4 Å². The Morgan fingerprint density at radius 2 is 0.824 bits per heavy atom. The summed E-state index contributed by atoms with van der Waals surface area (Å²) in [6, 6.07) is 0. The van der Waals surface area contributed by atoms with Gasteiger partial charge >= 0.3 is 0 Å². The van der Waals surface area contributed by atoms with Crippen LogP contribution >= 0.6 is 0 Å². The van der Waals surface area contributed by atoms with E-state index in [1.54, 1.807) is 22.3 Å². The first-order valence-corrected chi connectivity index (χ1v) is 6.16. The molecule has 1 radical (unpaired) electrons. The molecule has 1 heteroatoms. The number of hydrogen-bond donors (Lipinski definition) is 0. The van der Waals surface area contributed by atoms with Crippen molar-refractivity contribution < 1.29 is 32.7 Å². The fraction of sp³-hybridized carbons (Fsp3) is 0.500. The van der Waals surface area contributed by atoms with Crippen LogP contribution in [0.25, 0.3) is 0 Å². The molecule has 0 aliphatic heterocycles. The first-order valence-electron chi connectivity index (χ1n) is 6.16. The zero-order valence-electron chi connectivity index (χ0n) is 12.0. The maximum Gasteiger partial charge on any atom is 0 e. The van der Waals surface area contributed by atoms with Crippen LogP contribution in [0, 0.1) is 0 Å². The topological polar surface area (TPSA) is 0 Å². The number of rotatable bonds is 1. The van der Waals surface area contributed by atoms with Crippen molar-refractivity contribution in [2.24, 2.45) is 0 Å². The van der Waals surface area contributed by atoms with Crippen molar-refractivity contribution in [2.75, 3.05) is 0 Å². The van der Waals surface area contributed by atoms with Gasteiger partial charge in [-0.05, 0) is 87.8 Å². The van der Waals surface area contributed by atoms with E-state index in [0.29, 0.717) is 0 Å². The predicted molar refractivity (Wildman–Crippen MR) is 71.4 cm³/mol. The Hall–Kier alpha value is 0.0639. The molecule has 0 N–H and O–H groups in total. The van der Waals surface area contributed by atoms with Crippen LogP contribution in [0.1, 0.15) is 54.4 Å². The van der Waals surface area contributed by atoms with Crippen molar-refractivity contribution >= 4 is 0 Å². The molecule has 2 rings (SSSR count). The quantitative estimate of drug-likeness (QED) is 0.632. The van der Waals surface area contributed by atoms with Gasteiger partial charge in [0.05, 0.1) is 0 Å². The van der Waals surface area contributed by atoms with Crippen molar-refractivity contribution in [3.8, 4) is 0 Å². The standard InChI is InChI=1S/C16H22.Y/c1-9-7-15(13(5)11(9)3)16-8-10(2)12(4)14(16)6;/h7-8H2,1-6H3;. The van der Waals surface area contributed by atoms with Gasteiger partial charge in [-0.25, -0.2) is 0 Å². The molecule has 0 heterocycles. The van der Waals surface area contributed by atoms with Crippen molar-refractivity contribution in [1.29, 1.82) is 0 Å². The normalized spacial score (nSPS) is 20.8. The van der Waals surface area contributed by atoms with E-state index in [1.807, 2.05) is 0 Å². The largest absolute Gasteiger partial charge is 0.0657 e. The van der Waals surface area contributed by atoms with Crippen molar-refractivity contribution in [3.05, 3.63) is 44.6 Å². The first kappa shape index (κ1) is 15.1. The minimum absolute atomic E-state index is 0. The smallest absolute Gasteiger partial charge is 0 e. The molecule has 0 saturated heterocycles. The second-order valence-electron chi connectivity index (χ2n) is 5.37. The van der Waals surface area contributed by atoms with Crippen LogP contribution in [0.2, 0.25) is 0 Å². The maximum atomic E-state index is 2.28. The molecule has 2 aliphatic rings. The van der Waals surface area contributed by atoms with Crippen LogP contribution < -0.4 is 0 Å². The Morgan fingerprint density at radius 3 is 1.00 bits per heavy atom. The summed E-state index contributed by atoms with van der Waals surface area (Å²) in [6.07, 6.45) is 2.34. The molecule has 2 aliphatic carbocycles. The first-order chi connectivity index (χ1) is 7.43. The monoisotopic (exact) mass is 303 g/mol. The molecule has 0 nitrogen and oxygen atoms in total.